The molecule has 3 heterocycles. The van der Waals surface area contributed by atoms with Crippen LogP contribution in [-0.2, 0) is 14.3 Å². The van der Waals surface area contributed by atoms with Gasteiger partial charge in [-0.05, 0) is 38.0 Å². The zero-order valence-electron chi connectivity index (χ0n) is 11.0. The van der Waals surface area contributed by atoms with Gasteiger partial charge in [0.05, 0.1) is 29.2 Å². The quantitative estimate of drug-likeness (QED) is 0.747. The van der Waals surface area contributed by atoms with Crippen LogP contribution in [0.25, 0.3) is 0 Å². The summed E-state index contributed by atoms with van der Waals surface area (Å²) >= 11 is 5.96. The molecule has 2 amide bonds. The third-order valence-electron chi connectivity index (χ3n) is 4.82. The molecular weight excluding hydrogens is 278 g/mol. The summed E-state index contributed by atoms with van der Waals surface area (Å²) in [7, 11) is 0. The van der Waals surface area contributed by atoms with E-state index >= 15 is 0 Å². The Morgan fingerprint density at radius 2 is 2.15 bits per heavy atom. The number of fused-ring (bicyclic) bond motifs is 5. The molecule has 1 aromatic carbocycles. The maximum atomic E-state index is 12.7. The smallest absolute Gasteiger partial charge is 0.240 e. The Balaban J connectivity index is 1.78. The second-order valence-electron chi connectivity index (χ2n) is 6.00. The number of imide groups is 1. The van der Waals surface area contributed by atoms with Gasteiger partial charge < -0.3 is 4.74 Å². The molecule has 0 saturated carbocycles. The van der Waals surface area contributed by atoms with Gasteiger partial charge in [0.15, 0.2) is 0 Å². The first-order valence-electron chi connectivity index (χ1n) is 6.82. The molecule has 0 aromatic heterocycles. The van der Waals surface area contributed by atoms with E-state index in [1.165, 1.54) is 4.90 Å². The molecule has 4 rings (SSSR count). The van der Waals surface area contributed by atoms with E-state index in [4.69, 9.17) is 16.3 Å². The van der Waals surface area contributed by atoms with E-state index in [0.717, 1.165) is 12.8 Å². The van der Waals surface area contributed by atoms with E-state index in [9.17, 15) is 9.59 Å². The predicted molar refractivity (Wildman–Crippen MR) is 73.4 cm³/mol. The van der Waals surface area contributed by atoms with Gasteiger partial charge in [-0.2, -0.15) is 0 Å². The van der Waals surface area contributed by atoms with E-state index in [-0.39, 0.29) is 29.8 Å². The van der Waals surface area contributed by atoms with Crippen molar-refractivity contribution in [1.29, 1.82) is 0 Å². The molecule has 3 aliphatic rings. The van der Waals surface area contributed by atoms with Gasteiger partial charge in [0.1, 0.15) is 0 Å². The average molecular weight is 292 g/mol. The summed E-state index contributed by atoms with van der Waals surface area (Å²) in [5, 5.41) is 0.519. The summed E-state index contributed by atoms with van der Waals surface area (Å²) < 4.78 is 5.88. The molecule has 0 radical (unpaired) electrons. The summed E-state index contributed by atoms with van der Waals surface area (Å²) in [5.41, 5.74) is 0.0833. The Labute approximate surface area is 121 Å². The zero-order valence-corrected chi connectivity index (χ0v) is 11.8. The summed E-state index contributed by atoms with van der Waals surface area (Å²) in [6.45, 7) is 1.95. The Bertz CT molecular complexity index is 631. The number of anilines is 1. The van der Waals surface area contributed by atoms with E-state index in [0.29, 0.717) is 10.7 Å². The van der Waals surface area contributed by atoms with Crippen LogP contribution in [-0.4, -0.2) is 23.5 Å². The maximum Gasteiger partial charge on any atom is 0.240 e. The lowest BCUT2D eigenvalue weighted by atomic mass is 9.74. The highest BCUT2D eigenvalue weighted by molar-refractivity contribution is 6.31. The monoisotopic (exact) mass is 291 g/mol. The first-order valence-corrected chi connectivity index (χ1v) is 7.20. The van der Waals surface area contributed by atoms with Crippen molar-refractivity contribution in [2.75, 3.05) is 4.90 Å². The Morgan fingerprint density at radius 3 is 2.85 bits per heavy atom. The second-order valence-corrected chi connectivity index (χ2v) is 6.44. The van der Waals surface area contributed by atoms with Crippen molar-refractivity contribution in [1.82, 2.24) is 0 Å². The number of carbonyl (C=O) groups is 2. The average Bonchev–Trinajstić information content (AvgIpc) is 2.99. The van der Waals surface area contributed by atoms with Crippen LogP contribution in [0.5, 0.6) is 0 Å². The molecule has 2 bridgehead atoms. The highest BCUT2D eigenvalue weighted by Gasteiger charge is 2.67. The highest BCUT2D eigenvalue weighted by atomic mass is 35.5. The lowest BCUT2D eigenvalue weighted by molar-refractivity contribution is -0.126. The minimum atomic E-state index is -0.477. The highest BCUT2D eigenvalue weighted by Crippen LogP contribution is 2.55. The van der Waals surface area contributed by atoms with Crippen LogP contribution in [0.3, 0.4) is 0 Å². The van der Waals surface area contributed by atoms with Crippen molar-refractivity contribution in [3.05, 3.63) is 29.3 Å². The largest absolute Gasteiger partial charge is 0.370 e. The molecule has 0 spiro atoms. The molecule has 20 heavy (non-hydrogen) atoms. The Hall–Kier alpha value is -1.39. The van der Waals surface area contributed by atoms with Crippen LogP contribution in [0.4, 0.5) is 5.69 Å². The van der Waals surface area contributed by atoms with Crippen LogP contribution >= 0.6 is 11.6 Å². The lowest BCUT2D eigenvalue weighted by Gasteiger charge is -2.26. The van der Waals surface area contributed by atoms with Gasteiger partial charge in [-0.3, -0.25) is 9.59 Å². The number of hydrogen-bond donors (Lipinski definition) is 0. The van der Waals surface area contributed by atoms with Gasteiger partial charge >= 0.3 is 0 Å². The zero-order chi connectivity index (χ0) is 14.1. The van der Waals surface area contributed by atoms with E-state index in [1.54, 1.807) is 24.3 Å². The summed E-state index contributed by atoms with van der Waals surface area (Å²) in [6.07, 6.45) is 1.60. The molecule has 3 aliphatic heterocycles. The van der Waals surface area contributed by atoms with Crippen LogP contribution in [0.15, 0.2) is 24.3 Å². The lowest BCUT2D eigenvalue weighted by Crippen LogP contribution is -2.39. The molecule has 104 valence electrons. The maximum absolute atomic E-state index is 12.7. The molecule has 4 atom stereocenters. The molecular formula is C15H14ClNO3. The van der Waals surface area contributed by atoms with Crippen LogP contribution in [0.2, 0.25) is 5.02 Å². The SMILES string of the molecule is C[C@]12CC[C@H](O1)[C@@H]1C(=O)N(c3cccc(Cl)c3)C(=O)[C@@H]12. The molecule has 0 aliphatic carbocycles. The van der Waals surface area contributed by atoms with Gasteiger partial charge in [-0.25, -0.2) is 4.90 Å². The van der Waals surface area contributed by atoms with E-state index in [2.05, 4.69) is 0 Å². The Kier molecular flexibility index (Phi) is 2.37. The normalized spacial score (nSPS) is 38.7. The molecule has 3 fully saturated rings. The second kappa shape index (κ2) is 3.83. The topological polar surface area (TPSA) is 46.6 Å². The summed E-state index contributed by atoms with van der Waals surface area (Å²) in [4.78, 5) is 26.6. The minimum Gasteiger partial charge on any atom is -0.370 e. The van der Waals surface area contributed by atoms with Crippen LogP contribution < -0.4 is 4.90 Å². The number of halogens is 1. The molecule has 3 saturated heterocycles. The van der Waals surface area contributed by atoms with Crippen molar-refractivity contribution in [2.24, 2.45) is 11.8 Å². The van der Waals surface area contributed by atoms with Crippen molar-refractivity contribution < 1.29 is 14.3 Å². The Morgan fingerprint density at radius 1 is 1.35 bits per heavy atom. The van der Waals surface area contributed by atoms with Gasteiger partial charge in [0.25, 0.3) is 0 Å². The van der Waals surface area contributed by atoms with Crippen molar-refractivity contribution in [3.8, 4) is 0 Å². The summed E-state index contributed by atoms with van der Waals surface area (Å²) in [6, 6.07) is 6.88. The van der Waals surface area contributed by atoms with Crippen LogP contribution in [0, 0.1) is 11.8 Å². The first-order chi connectivity index (χ1) is 9.51. The fourth-order valence-electron chi connectivity index (χ4n) is 3.95. The fourth-order valence-corrected chi connectivity index (χ4v) is 4.14. The first kappa shape index (κ1) is 12.4. The number of amides is 2. The molecule has 4 nitrogen and oxygen atoms in total. The number of ether oxygens (including phenoxy) is 1. The van der Waals surface area contributed by atoms with E-state index < -0.39 is 5.60 Å². The third-order valence-corrected chi connectivity index (χ3v) is 5.06. The number of hydrogen-bond acceptors (Lipinski definition) is 3. The molecule has 5 heteroatoms. The van der Waals surface area contributed by atoms with Gasteiger partial charge in [0.2, 0.25) is 11.8 Å². The molecule has 0 unspecified atom stereocenters. The van der Waals surface area contributed by atoms with E-state index in [1.807, 2.05) is 6.92 Å². The predicted octanol–water partition coefficient (Wildman–Crippen LogP) is 2.40. The molecule has 1 aromatic rings. The van der Waals surface area contributed by atoms with Gasteiger partial charge in [-0.15, -0.1) is 0 Å². The van der Waals surface area contributed by atoms with Crippen molar-refractivity contribution in [2.45, 2.75) is 31.5 Å². The molecule has 0 N–H and O–H groups in total. The van der Waals surface area contributed by atoms with Gasteiger partial charge in [0, 0.05) is 5.02 Å². The van der Waals surface area contributed by atoms with Crippen molar-refractivity contribution >= 4 is 29.1 Å². The standard InChI is InChI=1S/C15H14ClNO3/c1-15-6-5-10(20-15)11-12(15)14(19)17(13(11)18)9-4-2-3-8(16)7-9/h2-4,7,10-12H,5-6H2,1H3/t10-,11-,12+,15+/m0/s1. The van der Waals surface area contributed by atoms with Gasteiger partial charge in [-0.1, -0.05) is 17.7 Å². The van der Waals surface area contributed by atoms with Crippen molar-refractivity contribution in [3.63, 3.8) is 0 Å². The minimum absolute atomic E-state index is 0.106. The third kappa shape index (κ3) is 1.41. The summed E-state index contributed by atoms with van der Waals surface area (Å²) in [5.74, 6) is -0.948. The van der Waals surface area contributed by atoms with Crippen LogP contribution in [0.1, 0.15) is 19.8 Å². The fraction of sp³-hybridized carbons (Fsp3) is 0.467. The number of carbonyl (C=O) groups excluding carboxylic acids is 2. The number of rotatable bonds is 1. The number of nitrogens with zero attached hydrogens (tertiary/aromatic N) is 1. The number of benzene rings is 1.